The summed E-state index contributed by atoms with van der Waals surface area (Å²) in [5, 5.41) is 15.8. The van der Waals surface area contributed by atoms with E-state index in [2.05, 4.69) is 10.6 Å². The Labute approximate surface area is 129 Å². The van der Waals surface area contributed by atoms with E-state index in [1.165, 1.54) is 0 Å². The topological polar surface area (TPSA) is 110 Å². The molecular weight excluding hydrogens is 329 g/mol. The highest BCUT2D eigenvalue weighted by atomic mass is 35.5. The molecule has 1 aromatic rings. The number of carbonyl (C=O) groups excluding carboxylic acids is 1. The van der Waals surface area contributed by atoms with Crippen molar-refractivity contribution in [3.63, 3.8) is 0 Å². The number of hydrogen-bond acceptors (Lipinski definition) is 5. The van der Waals surface area contributed by atoms with Gasteiger partial charge in [-0.1, -0.05) is 0 Å². The number of amides is 1. The van der Waals surface area contributed by atoms with E-state index in [9.17, 15) is 28.1 Å². The van der Waals surface area contributed by atoms with Crippen LogP contribution < -0.4 is 16.4 Å². The number of hydrogen-bond donors (Lipinski definition) is 3. The zero-order valence-corrected chi connectivity index (χ0v) is 12.0. The molecular formula is C11H14ClF3N4O3. The summed E-state index contributed by atoms with van der Waals surface area (Å²) in [5.41, 5.74) is 3.21. The number of carbonyl (C=O) groups is 1. The fraction of sp³-hybridized carbons (Fsp3) is 0.364. The van der Waals surface area contributed by atoms with Crippen molar-refractivity contribution in [1.82, 2.24) is 5.32 Å². The van der Waals surface area contributed by atoms with Gasteiger partial charge in [0.15, 0.2) is 0 Å². The van der Waals surface area contributed by atoms with Crippen molar-refractivity contribution < 1.29 is 22.9 Å². The van der Waals surface area contributed by atoms with Gasteiger partial charge in [0.25, 0.3) is 5.69 Å². The highest BCUT2D eigenvalue weighted by molar-refractivity contribution is 5.85. The second kappa shape index (κ2) is 8.39. The van der Waals surface area contributed by atoms with Gasteiger partial charge in [-0.2, -0.15) is 13.2 Å². The van der Waals surface area contributed by atoms with Crippen LogP contribution in [0.25, 0.3) is 0 Å². The third-order valence-electron chi connectivity index (χ3n) is 2.47. The molecule has 0 saturated carbocycles. The van der Waals surface area contributed by atoms with E-state index < -0.39 is 28.3 Å². The van der Waals surface area contributed by atoms with Gasteiger partial charge in [0.05, 0.1) is 17.0 Å². The highest BCUT2D eigenvalue weighted by Gasteiger charge is 2.32. The van der Waals surface area contributed by atoms with E-state index in [1.807, 2.05) is 0 Å². The first-order valence-corrected chi connectivity index (χ1v) is 5.82. The summed E-state index contributed by atoms with van der Waals surface area (Å²) in [5.74, 6) is -0.404. The lowest BCUT2D eigenvalue weighted by Crippen LogP contribution is -2.33. The fourth-order valence-electron chi connectivity index (χ4n) is 1.48. The lowest BCUT2D eigenvalue weighted by atomic mass is 10.1. The molecule has 0 aromatic heterocycles. The van der Waals surface area contributed by atoms with Crippen LogP contribution in [0.5, 0.6) is 0 Å². The Morgan fingerprint density at radius 3 is 2.45 bits per heavy atom. The van der Waals surface area contributed by atoms with Gasteiger partial charge >= 0.3 is 6.18 Å². The van der Waals surface area contributed by atoms with Crippen LogP contribution in [0.4, 0.5) is 24.5 Å². The van der Waals surface area contributed by atoms with Crippen molar-refractivity contribution >= 4 is 29.7 Å². The summed E-state index contributed by atoms with van der Waals surface area (Å²) in [6, 6.07) is 2.18. The molecule has 0 atom stereocenters. The fourth-order valence-corrected chi connectivity index (χ4v) is 1.48. The number of nitro benzene ring substituents is 1. The number of alkyl halides is 3. The average Bonchev–Trinajstić information content (AvgIpc) is 2.41. The number of nitro groups is 1. The first kappa shape index (κ1) is 19.9. The highest BCUT2D eigenvalue weighted by Crippen LogP contribution is 2.34. The Bertz CT molecular complexity index is 540. The second-order valence-corrected chi connectivity index (χ2v) is 3.97. The number of nitrogens with one attached hydrogen (secondary N) is 2. The van der Waals surface area contributed by atoms with Gasteiger partial charge in [-0.25, -0.2) is 0 Å². The molecule has 0 aliphatic rings. The largest absolute Gasteiger partial charge is 0.416 e. The van der Waals surface area contributed by atoms with Gasteiger partial charge < -0.3 is 16.4 Å². The number of rotatable bonds is 6. The van der Waals surface area contributed by atoms with Crippen molar-refractivity contribution in [1.29, 1.82) is 0 Å². The number of halogens is 4. The molecule has 0 aliphatic carbocycles. The maximum absolute atomic E-state index is 12.5. The van der Waals surface area contributed by atoms with Crippen LogP contribution in [-0.2, 0) is 11.0 Å². The Morgan fingerprint density at radius 1 is 1.32 bits per heavy atom. The predicted octanol–water partition coefficient (Wildman–Crippen LogP) is 1.52. The predicted molar refractivity (Wildman–Crippen MR) is 75.9 cm³/mol. The maximum Gasteiger partial charge on any atom is 0.416 e. The summed E-state index contributed by atoms with van der Waals surface area (Å²) in [6.45, 7) is 0.0482. The molecule has 0 spiro atoms. The van der Waals surface area contributed by atoms with Crippen molar-refractivity contribution in [2.75, 3.05) is 25.0 Å². The zero-order valence-electron chi connectivity index (χ0n) is 11.1. The van der Waals surface area contributed by atoms with Gasteiger partial charge in [0.1, 0.15) is 5.69 Å². The minimum atomic E-state index is -4.65. The zero-order chi connectivity index (χ0) is 16.0. The summed E-state index contributed by atoms with van der Waals surface area (Å²) in [4.78, 5) is 20.7. The van der Waals surface area contributed by atoms with Gasteiger partial charge in [-0.05, 0) is 12.1 Å². The lowest BCUT2D eigenvalue weighted by molar-refractivity contribution is -0.384. The van der Waals surface area contributed by atoms with Crippen molar-refractivity contribution in [2.24, 2.45) is 5.73 Å². The molecule has 1 aromatic carbocycles. The molecule has 0 bridgehead atoms. The van der Waals surface area contributed by atoms with E-state index in [4.69, 9.17) is 5.73 Å². The SMILES string of the molecule is Cl.NCC(=O)NCCNc1ccc(C(F)(F)F)cc1[N+](=O)[O-]. The third-order valence-corrected chi connectivity index (χ3v) is 2.47. The molecule has 0 saturated heterocycles. The molecule has 11 heteroatoms. The van der Waals surface area contributed by atoms with Gasteiger partial charge in [0.2, 0.25) is 5.91 Å². The second-order valence-electron chi connectivity index (χ2n) is 3.97. The third kappa shape index (κ3) is 5.74. The summed E-state index contributed by atoms with van der Waals surface area (Å²) >= 11 is 0. The Balaban J connectivity index is 0.00000441. The lowest BCUT2D eigenvalue weighted by Gasteiger charge is -2.10. The van der Waals surface area contributed by atoms with Gasteiger partial charge in [0, 0.05) is 19.2 Å². The number of benzene rings is 1. The molecule has 0 heterocycles. The van der Waals surface area contributed by atoms with Crippen LogP contribution in [0.1, 0.15) is 5.56 Å². The molecule has 1 amide bonds. The minimum absolute atomic E-state index is 0. The van der Waals surface area contributed by atoms with Crippen LogP contribution in [0.3, 0.4) is 0 Å². The molecule has 4 N–H and O–H groups in total. The van der Waals surface area contributed by atoms with E-state index >= 15 is 0 Å². The smallest absolute Gasteiger partial charge is 0.378 e. The number of nitrogens with two attached hydrogens (primary N) is 1. The first-order chi connectivity index (χ1) is 9.75. The maximum atomic E-state index is 12.5. The van der Waals surface area contributed by atoms with Crippen molar-refractivity contribution in [3.8, 4) is 0 Å². The van der Waals surface area contributed by atoms with Crippen molar-refractivity contribution in [2.45, 2.75) is 6.18 Å². The van der Waals surface area contributed by atoms with Gasteiger partial charge in [-0.15, -0.1) is 12.4 Å². The summed E-state index contributed by atoms with van der Waals surface area (Å²) in [6.07, 6.45) is -4.65. The van der Waals surface area contributed by atoms with E-state index in [-0.39, 0.29) is 37.7 Å². The van der Waals surface area contributed by atoms with E-state index in [0.717, 1.165) is 12.1 Å². The average molecular weight is 343 g/mol. The molecule has 0 radical (unpaired) electrons. The van der Waals surface area contributed by atoms with Crippen LogP contribution >= 0.6 is 12.4 Å². The molecule has 7 nitrogen and oxygen atoms in total. The van der Waals surface area contributed by atoms with Crippen LogP contribution in [0.2, 0.25) is 0 Å². The standard InChI is InChI=1S/C11H13F3N4O3.ClH/c12-11(13,14)7-1-2-8(9(5-7)18(20)21)16-3-4-17-10(19)6-15;/h1-2,5,16H,3-4,6,15H2,(H,17,19);1H. The van der Waals surface area contributed by atoms with Crippen LogP contribution in [-0.4, -0.2) is 30.5 Å². The van der Waals surface area contributed by atoms with E-state index in [1.54, 1.807) is 0 Å². The number of anilines is 1. The monoisotopic (exact) mass is 342 g/mol. The minimum Gasteiger partial charge on any atom is -0.378 e. The normalized spacial score (nSPS) is 10.5. The summed E-state index contributed by atoms with van der Waals surface area (Å²) < 4.78 is 37.5. The van der Waals surface area contributed by atoms with Crippen LogP contribution in [0, 0.1) is 10.1 Å². The molecule has 0 aliphatic heterocycles. The first-order valence-electron chi connectivity index (χ1n) is 5.82. The van der Waals surface area contributed by atoms with Crippen LogP contribution in [0.15, 0.2) is 18.2 Å². The Hall–Kier alpha value is -2.07. The van der Waals surface area contributed by atoms with Gasteiger partial charge in [-0.3, -0.25) is 14.9 Å². The van der Waals surface area contributed by atoms with Crippen molar-refractivity contribution in [3.05, 3.63) is 33.9 Å². The molecule has 124 valence electrons. The summed E-state index contributed by atoms with van der Waals surface area (Å²) in [7, 11) is 0. The van der Waals surface area contributed by atoms with E-state index in [0.29, 0.717) is 6.07 Å². The number of nitrogens with zero attached hydrogens (tertiary/aromatic N) is 1. The quantitative estimate of drug-likeness (QED) is 0.412. The molecule has 1 rings (SSSR count). The Kier molecular flexibility index (Phi) is 7.60. The molecule has 0 fully saturated rings. The molecule has 22 heavy (non-hydrogen) atoms. The Morgan fingerprint density at radius 2 is 1.95 bits per heavy atom. The molecule has 0 unspecified atom stereocenters.